The zero-order valence-corrected chi connectivity index (χ0v) is 15.3. The van der Waals surface area contributed by atoms with Crippen molar-refractivity contribution < 1.29 is 9.90 Å². The molecule has 3 N–H and O–H groups in total. The van der Waals surface area contributed by atoms with E-state index in [9.17, 15) is 9.90 Å². The highest BCUT2D eigenvalue weighted by Gasteiger charge is 2.16. The Labute approximate surface area is 150 Å². The minimum Gasteiger partial charge on any atom is -0.383 e. The highest BCUT2D eigenvalue weighted by Crippen LogP contribution is 2.29. The first-order valence-electron chi connectivity index (χ1n) is 8.55. The van der Waals surface area contributed by atoms with Crippen LogP contribution in [0.25, 0.3) is 0 Å². The summed E-state index contributed by atoms with van der Waals surface area (Å²) in [6.45, 7) is 0.500. The number of aliphatic hydroxyl groups is 1. The van der Waals surface area contributed by atoms with E-state index in [0.717, 1.165) is 28.2 Å². The average Bonchev–Trinajstić information content (AvgIpc) is 3.22. The molecule has 1 atom stereocenters. The number of nitrogens with one attached hydrogen (secondary N) is 2. The molecule has 4 nitrogen and oxygen atoms in total. The van der Waals surface area contributed by atoms with Crippen LogP contribution in [0.4, 0.5) is 4.79 Å². The molecule has 3 rings (SSSR count). The summed E-state index contributed by atoms with van der Waals surface area (Å²) in [5, 5.41) is 20.3. The van der Waals surface area contributed by atoms with Gasteiger partial charge in [-0.2, -0.15) is 11.3 Å². The van der Waals surface area contributed by atoms with Crippen molar-refractivity contribution in [3.05, 3.63) is 44.3 Å². The Morgan fingerprint density at radius 3 is 2.71 bits per heavy atom. The second-order valence-corrected chi connectivity index (χ2v) is 8.26. The fourth-order valence-electron chi connectivity index (χ4n) is 3.06. The molecule has 0 aromatic carbocycles. The molecule has 1 unspecified atom stereocenters. The smallest absolute Gasteiger partial charge is 0.315 e. The molecule has 1 aliphatic carbocycles. The second-order valence-electron chi connectivity index (χ2n) is 6.28. The van der Waals surface area contributed by atoms with Crippen LogP contribution >= 0.6 is 22.7 Å². The van der Waals surface area contributed by atoms with E-state index in [1.165, 1.54) is 25.7 Å². The SMILES string of the molecule is O=C(NCc1ccc(C(O)c2ccsc2)s1)NC1CCCCCC1. The normalized spacial score (nSPS) is 17.2. The van der Waals surface area contributed by atoms with E-state index in [1.54, 1.807) is 22.7 Å². The highest BCUT2D eigenvalue weighted by molar-refractivity contribution is 7.12. The summed E-state index contributed by atoms with van der Waals surface area (Å²) in [6.07, 6.45) is 6.58. The molecule has 1 aliphatic rings. The quantitative estimate of drug-likeness (QED) is 0.688. The summed E-state index contributed by atoms with van der Waals surface area (Å²) in [4.78, 5) is 14.0. The van der Waals surface area contributed by atoms with Crippen LogP contribution in [0.2, 0.25) is 0 Å². The van der Waals surface area contributed by atoms with Crippen molar-refractivity contribution in [3.63, 3.8) is 0 Å². The summed E-state index contributed by atoms with van der Waals surface area (Å²) in [7, 11) is 0. The van der Waals surface area contributed by atoms with Gasteiger partial charge in [-0.3, -0.25) is 0 Å². The van der Waals surface area contributed by atoms with Crippen molar-refractivity contribution in [2.24, 2.45) is 0 Å². The first kappa shape index (κ1) is 17.5. The van der Waals surface area contributed by atoms with Gasteiger partial charge in [0.25, 0.3) is 0 Å². The molecule has 130 valence electrons. The number of carbonyl (C=O) groups is 1. The molecule has 2 aromatic heterocycles. The van der Waals surface area contributed by atoms with E-state index in [2.05, 4.69) is 10.6 Å². The molecule has 2 heterocycles. The minimum atomic E-state index is -0.574. The van der Waals surface area contributed by atoms with E-state index in [1.807, 2.05) is 29.0 Å². The molecule has 1 saturated carbocycles. The summed E-state index contributed by atoms with van der Waals surface area (Å²) in [6, 6.07) is 6.07. The Bertz CT molecular complexity index is 631. The molecule has 1 fully saturated rings. The lowest BCUT2D eigenvalue weighted by molar-refractivity contribution is 0.224. The maximum absolute atomic E-state index is 12.1. The fraction of sp³-hybridized carbons (Fsp3) is 0.500. The topological polar surface area (TPSA) is 61.4 Å². The van der Waals surface area contributed by atoms with Gasteiger partial charge >= 0.3 is 6.03 Å². The fourth-order valence-corrected chi connectivity index (χ4v) is 4.70. The van der Waals surface area contributed by atoms with E-state index in [0.29, 0.717) is 12.6 Å². The van der Waals surface area contributed by atoms with Gasteiger partial charge in [-0.1, -0.05) is 25.7 Å². The third kappa shape index (κ3) is 4.82. The molecule has 24 heavy (non-hydrogen) atoms. The number of thiophene rings is 2. The minimum absolute atomic E-state index is 0.0877. The number of carbonyl (C=O) groups excluding carboxylic acids is 1. The summed E-state index contributed by atoms with van der Waals surface area (Å²) >= 11 is 3.12. The third-order valence-electron chi connectivity index (χ3n) is 4.42. The Balaban J connectivity index is 1.47. The zero-order chi connectivity index (χ0) is 16.8. The van der Waals surface area contributed by atoms with Crippen molar-refractivity contribution >= 4 is 28.7 Å². The van der Waals surface area contributed by atoms with Gasteiger partial charge < -0.3 is 15.7 Å². The van der Waals surface area contributed by atoms with Crippen LogP contribution in [-0.4, -0.2) is 17.2 Å². The number of aliphatic hydroxyl groups excluding tert-OH is 1. The standard InChI is InChI=1S/C18H24N2O2S2/c21-17(13-9-10-23-12-13)16-8-7-15(24-16)11-19-18(22)20-14-5-3-1-2-4-6-14/h7-10,12,14,17,21H,1-6,11H2,(H2,19,20,22). The molecule has 0 bridgehead atoms. The number of amides is 2. The van der Waals surface area contributed by atoms with Gasteiger partial charge in [0.1, 0.15) is 6.10 Å². The Hall–Kier alpha value is -1.37. The lowest BCUT2D eigenvalue weighted by Gasteiger charge is -2.16. The predicted molar refractivity (Wildman–Crippen MR) is 99.6 cm³/mol. The lowest BCUT2D eigenvalue weighted by atomic mass is 10.1. The Kier molecular flexibility index (Phi) is 6.29. The maximum atomic E-state index is 12.1. The number of urea groups is 1. The van der Waals surface area contributed by atoms with Gasteiger partial charge in [0.2, 0.25) is 0 Å². The average molecular weight is 365 g/mol. The summed E-state index contributed by atoms with van der Waals surface area (Å²) in [5.74, 6) is 0. The van der Waals surface area contributed by atoms with Crippen molar-refractivity contribution in [3.8, 4) is 0 Å². The molecular weight excluding hydrogens is 340 g/mol. The molecule has 2 amide bonds. The molecule has 0 radical (unpaired) electrons. The van der Waals surface area contributed by atoms with E-state index in [4.69, 9.17) is 0 Å². The molecular formula is C18H24N2O2S2. The Morgan fingerprint density at radius 2 is 2.00 bits per heavy atom. The van der Waals surface area contributed by atoms with E-state index in [-0.39, 0.29) is 6.03 Å². The molecule has 6 heteroatoms. The molecule has 0 spiro atoms. The maximum Gasteiger partial charge on any atom is 0.315 e. The van der Waals surface area contributed by atoms with E-state index < -0.39 is 6.10 Å². The number of hydrogen-bond donors (Lipinski definition) is 3. The van der Waals surface area contributed by atoms with Crippen LogP contribution in [0.15, 0.2) is 29.0 Å². The van der Waals surface area contributed by atoms with Gasteiger partial charge in [-0.05, 0) is 47.4 Å². The van der Waals surface area contributed by atoms with Crippen molar-refractivity contribution in [1.82, 2.24) is 10.6 Å². The second kappa shape index (κ2) is 8.65. The van der Waals surface area contributed by atoms with Gasteiger partial charge in [-0.25, -0.2) is 4.79 Å². The number of hydrogen-bond acceptors (Lipinski definition) is 4. The van der Waals surface area contributed by atoms with Crippen LogP contribution in [0, 0.1) is 0 Å². The van der Waals surface area contributed by atoms with Gasteiger partial charge in [0.05, 0.1) is 6.54 Å². The lowest BCUT2D eigenvalue weighted by Crippen LogP contribution is -2.41. The highest BCUT2D eigenvalue weighted by atomic mass is 32.1. The van der Waals surface area contributed by atoms with Gasteiger partial charge in [0.15, 0.2) is 0 Å². The summed E-state index contributed by atoms with van der Waals surface area (Å²) in [5.41, 5.74) is 0.924. The van der Waals surface area contributed by atoms with Crippen molar-refractivity contribution in [2.75, 3.05) is 0 Å². The zero-order valence-electron chi connectivity index (χ0n) is 13.7. The van der Waals surface area contributed by atoms with Crippen LogP contribution in [0.1, 0.15) is 59.9 Å². The molecule has 0 saturated heterocycles. The largest absolute Gasteiger partial charge is 0.383 e. The van der Waals surface area contributed by atoms with Gasteiger partial charge in [0, 0.05) is 15.8 Å². The Morgan fingerprint density at radius 1 is 1.21 bits per heavy atom. The van der Waals surface area contributed by atoms with Crippen LogP contribution in [-0.2, 0) is 6.54 Å². The summed E-state index contributed by atoms with van der Waals surface area (Å²) < 4.78 is 0. The van der Waals surface area contributed by atoms with Crippen LogP contribution < -0.4 is 10.6 Å². The molecule has 2 aromatic rings. The molecule has 0 aliphatic heterocycles. The van der Waals surface area contributed by atoms with E-state index >= 15 is 0 Å². The van der Waals surface area contributed by atoms with Crippen LogP contribution in [0.3, 0.4) is 0 Å². The van der Waals surface area contributed by atoms with Crippen LogP contribution in [0.5, 0.6) is 0 Å². The van der Waals surface area contributed by atoms with Crippen molar-refractivity contribution in [2.45, 2.75) is 57.2 Å². The van der Waals surface area contributed by atoms with Gasteiger partial charge in [-0.15, -0.1) is 11.3 Å². The van der Waals surface area contributed by atoms with Crippen molar-refractivity contribution in [1.29, 1.82) is 0 Å². The third-order valence-corrected chi connectivity index (χ3v) is 6.26. The first-order valence-corrected chi connectivity index (χ1v) is 10.3. The first-order chi connectivity index (χ1) is 11.7. The monoisotopic (exact) mass is 364 g/mol. The predicted octanol–water partition coefficient (Wildman–Crippen LogP) is 4.41. The number of rotatable bonds is 5.